The third-order valence-corrected chi connectivity index (χ3v) is 5.64. The van der Waals surface area contributed by atoms with Crippen molar-refractivity contribution in [3.63, 3.8) is 0 Å². The van der Waals surface area contributed by atoms with Crippen LogP contribution in [0, 0.1) is 27.7 Å². The molecule has 4 aromatic rings. The van der Waals surface area contributed by atoms with E-state index in [2.05, 4.69) is 105 Å². The van der Waals surface area contributed by atoms with Crippen LogP contribution in [-0.4, -0.2) is 4.98 Å². The summed E-state index contributed by atoms with van der Waals surface area (Å²) in [5.74, 6) is 0. The van der Waals surface area contributed by atoms with Crippen LogP contribution in [0.5, 0.6) is 0 Å². The Balaban J connectivity index is 1.92. The van der Waals surface area contributed by atoms with Gasteiger partial charge in [0, 0.05) is 5.56 Å². The van der Waals surface area contributed by atoms with Gasteiger partial charge in [-0.2, -0.15) is 0 Å². The Bertz CT molecular complexity index is 1160. The summed E-state index contributed by atoms with van der Waals surface area (Å²) in [6.07, 6.45) is 3.89. The highest BCUT2D eigenvalue weighted by Gasteiger charge is 2.21. The van der Waals surface area contributed by atoms with Crippen LogP contribution in [0.15, 0.2) is 73.2 Å². The predicted octanol–water partition coefficient (Wildman–Crippen LogP) is 6.14. The minimum atomic E-state index is 1.18. The minimum absolute atomic E-state index is 1.18. The maximum atomic E-state index is 4.51. The van der Waals surface area contributed by atoms with Crippen LogP contribution in [0.2, 0.25) is 0 Å². The summed E-state index contributed by atoms with van der Waals surface area (Å²) in [7, 11) is 2.07. The zero-order valence-corrected chi connectivity index (χ0v) is 17.8. The van der Waals surface area contributed by atoms with Crippen molar-refractivity contribution in [3.05, 3.63) is 95.4 Å². The molecule has 4 rings (SSSR count). The number of aryl methyl sites for hydroxylation is 5. The first-order chi connectivity index (χ1) is 14.0. The number of nitrogens with zero attached hydrogens (tertiary/aromatic N) is 2. The molecule has 0 radical (unpaired) electrons. The van der Waals surface area contributed by atoms with Gasteiger partial charge in [-0.25, -0.2) is 4.57 Å². The van der Waals surface area contributed by atoms with Gasteiger partial charge in [0.1, 0.15) is 5.69 Å². The van der Waals surface area contributed by atoms with Crippen LogP contribution < -0.4 is 4.57 Å². The Hall–Kier alpha value is -3.26. The van der Waals surface area contributed by atoms with Gasteiger partial charge in [0.25, 0.3) is 6.33 Å². The molecule has 0 amide bonds. The van der Waals surface area contributed by atoms with Gasteiger partial charge < -0.3 is 0 Å². The first kappa shape index (κ1) is 19.1. The fraction of sp³-hybridized carbons (Fsp3) is 0.185. The van der Waals surface area contributed by atoms with E-state index in [1.807, 2.05) is 12.5 Å². The molecule has 3 aromatic carbocycles. The van der Waals surface area contributed by atoms with Gasteiger partial charge >= 0.3 is 0 Å². The average Bonchev–Trinajstić information content (AvgIpc) is 2.69. The maximum Gasteiger partial charge on any atom is 0.286 e. The molecule has 29 heavy (non-hydrogen) atoms. The van der Waals surface area contributed by atoms with Crippen molar-refractivity contribution < 1.29 is 4.57 Å². The molecular formula is C27H27N2+. The molecule has 0 aliphatic carbocycles. The van der Waals surface area contributed by atoms with E-state index in [-0.39, 0.29) is 0 Å². The second-order valence-electron chi connectivity index (χ2n) is 7.93. The zero-order valence-electron chi connectivity index (χ0n) is 17.8. The largest absolute Gasteiger partial charge is 0.286 e. The predicted molar refractivity (Wildman–Crippen MR) is 121 cm³/mol. The van der Waals surface area contributed by atoms with Crippen molar-refractivity contribution in [2.75, 3.05) is 0 Å². The number of hydrogen-bond acceptors (Lipinski definition) is 1. The Kier molecular flexibility index (Phi) is 5.02. The van der Waals surface area contributed by atoms with E-state index in [4.69, 9.17) is 0 Å². The number of hydrogen-bond donors (Lipinski definition) is 0. The molecule has 0 N–H and O–H groups in total. The molecule has 1 heterocycles. The van der Waals surface area contributed by atoms with Gasteiger partial charge in [-0.3, -0.25) is 0 Å². The summed E-state index contributed by atoms with van der Waals surface area (Å²) in [5.41, 5.74) is 12.5. The van der Waals surface area contributed by atoms with Crippen molar-refractivity contribution in [2.45, 2.75) is 27.7 Å². The van der Waals surface area contributed by atoms with Gasteiger partial charge in [-0.05, 0) is 61.1 Å². The SMILES string of the molecule is Cc1ccc(-c2cc(C)c(-c3cnc[n+](C)c3-c3ccccc3C)c(C)c2)cc1. The highest BCUT2D eigenvalue weighted by Crippen LogP contribution is 2.36. The van der Waals surface area contributed by atoms with Crippen molar-refractivity contribution in [1.82, 2.24) is 4.98 Å². The zero-order chi connectivity index (χ0) is 20.5. The van der Waals surface area contributed by atoms with Crippen LogP contribution in [0.3, 0.4) is 0 Å². The third-order valence-electron chi connectivity index (χ3n) is 5.64. The normalized spacial score (nSPS) is 10.9. The van der Waals surface area contributed by atoms with E-state index < -0.39 is 0 Å². The van der Waals surface area contributed by atoms with Gasteiger partial charge in [0.2, 0.25) is 0 Å². The van der Waals surface area contributed by atoms with Crippen LogP contribution in [-0.2, 0) is 7.05 Å². The summed E-state index contributed by atoms with van der Waals surface area (Å²) < 4.78 is 2.13. The molecule has 0 aliphatic heterocycles. The first-order valence-corrected chi connectivity index (χ1v) is 10.0. The lowest BCUT2D eigenvalue weighted by Gasteiger charge is -2.16. The summed E-state index contributed by atoms with van der Waals surface area (Å²) in [4.78, 5) is 4.51. The topological polar surface area (TPSA) is 16.8 Å². The van der Waals surface area contributed by atoms with Gasteiger partial charge in [-0.15, -0.1) is 0 Å². The molecule has 144 valence electrons. The van der Waals surface area contributed by atoms with Gasteiger partial charge in [0.05, 0.1) is 12.6 Å². The third kappa shape index (κ3) is 3.58. The standard InChI is InChI=1S/C27H27N2/c1-18-10-12-22(13-11-18)23-14-20(3)26(21(4)15-23)25-16-28-17-29(5)27(25)24-9-7-6-8-19(24)2/h6-17H,1-5H3/q+1. The molecule has 0 saturated carbocycles. The second-order valence-corrected chi connectivity index (χ2v) is 7.93. The lowest BCUT2D eigenvalue weighted by atomic mass is 9.89. The lowest BCUT2D eigenvalue weighted by molar-refractivity contribution is -0.663. The van der Waals surface area contributed by atoms with E-state index in [0.29, 0.717) is 0 Å². The molecule has 0 atom stereocenters. The van der Waals surface area contributed by atoms with Crippen LogP contribution >= 0.6 is 0 Å². The summed E-state index contributed by atoms with van der Waals surface area (Å²) in [5, 5.41) is 0. The number of rotatable bonds is 3. The van der Waals surface area contributed by atoms with E-state index in [1.165, 1.54) is 55.8 Å². The fourth-order valence-corrected chi connectivity index (χ4v) is 4.17. The van der Waals surface area contributed by atoms with Gasteiger partial charge in [-0.1, -0.05) is 71.2 Å². The van der Waals surface area contributed by atoms with Gasteiger partial charge in [0.15, 0.2) is 6.20 Å². The maximum absolute atomic E-state index is 4.51. The molecule has 1 aromatic heterocycles. The summed E-state index contributed by atoms with van der Waals surface area (Å²) >= 11 is 0. The number of aromatic nitrogens is 2. The van der Waals surface area contributed by atoms with E-state index >= 15 is 0 Å². The Labute approximate surface area is 173 Å². The Morgan fingerprint density at radius 2 is 1.34 bits per heavy atom. The molecule has 0 fully saturated rings. The molecule has 2 heteroatoms. The first-order valence-electron chi connectivity index (χ1n) is 10.0. The Morgan fingerprint density at radius 1 is 0.690 bits per heavy atom. The second kappa shape index (κ2) is 7.63. The minimum Gasteiger partial charge on any atom is -0.232 e. The van der Waals surface area contributed by atoms with Crippen LogP contribution in [0.1, 0.15) is 22.3 Å². The van der Waals surface area contributed by atoms with Crippen molar-refractivity contribution in [3.8, 4) is 33.5 Å². The fourth-order valence-electron chi connectivity index (χ4n) is 4.17. The Morgan fingerprint density at radius 3 is 2.00 bits per heavy atom. The highest BCUT2D eigenvalue weighted by atomic mass is 15.0. The van der Waals surface area contributed by atoms with Crippen molar-refractivity contribution >= 4 is 0 Å². The average molecular weight is 380 g/mol. The molecule has 0 aliphatic rings. The smallest absolute Gasteiger partial charge is 0.232 e. The van der Waals surface area contributed by atoms with Crippen LogP contribution in [0.25, 0.3) is 33.5 Å². The van der Waals surface area contributed by atoms with E-state index in [9.17, 15) is 0 Å². The molecule has 2 nitrogen and oxygen atoms in total. The quantitative estimate of drug-likeness (QED) is 0.391. The lowest BCUT2D eigenvalue weighted by Crippen LogP contribution is -2.32. The molecular weight excluding hydrogens is 352 g/mol. The molecule has 0 spiro atoms. The number of benzene rings is 3. The molecule has 0 saturated heterocycles. The van der Waals surface area contributed by atoms with Crippen LogP contribution in [0.4, 0.5) is 0 Å². The molecule has 0 unspecified atom stereocenters. The summed E-state index contributed by atoms with van der Waals surface area (Å²) in [6, 6.07) is 21.9. The monoisotopic (exact) mass is 379 g/mol. The van der Waals surface area contributed by atoms with E-state index in [1.54, 1.807) is 0 Å². The van der Waals surface area contributed by atoms with Crippen molar-refractivity contribution in [1.29, 1.82) is 0 Å². The highest BCUT2D eigenvalue weighted by molar-refractivity contribution is 5.84. The summed E-state index contributed by atoms with van der Waals surface area (Å²) in [6.45, 7) is 8.70. The molecule has 0 bridgehead atoms. The van der Waals surface area contributed by atoms with Crippen molar-refractivity contribution in [2.24, 2.45) is 7.05 Å². The van der Waals surface area contributed by atoms with E-state index in [0.717, 1.165) is 0 Å².